The summed E-state index contributed by atoms with van der Waals surface area (Å²) in [6.07, 6.45) is 1.35. The highest BCUT2D eigenvalue weighted by molar-refractivity contribution is 4.82. The molecule has 1 heterocycles. The van der Waals surface area contributed by atoms with Gasteiger partial charge in [-0.3, -0.25) is 0 Å². The third kappa shape index (κ3) is 2.46. The molecule has 2 heteroatoms. The van der Waals surface area contributed by atoms with Crippen LogP contribution in [-0.2, 0) is 0 Å². The van der Waals surface area contributed by atoms with Crippen molar-refractivity contribution >= 4 is 0 Å². The van der Waals surface area contributed by atoms with Crippen molar-refractivity contribution in [2.24, 2.45) is 11.8 Å². The highest BCUT2D eigenvalue weighted by Gasteiger charge is 2.25. The molecule has 1 N–H and O–H groups in total. The average Bonchev–Trinajstić information content (AvgIpc) is 2.03. The van der Waals surface area contributed by atoms with E-state index in [9.17, 15) is 0 Å². The molecule has 1 aliphatic rings. The van der Waals surface area contributed by atoms with Crippen LogP contribution in [0.2, 0.25) is 0 Å². The number of rotatable bonds is 2. The SMILES string of the molecule is CNC1CC(C(C)C)CN(C)C1. The predicted molar refractivity (Wildman–Crippen MR) is 53.3 cm³/mol. The lowest BCUT2D eigenvalue weighted by molar-refractivity contribution is 0.143. The maximum absolute atomic E-state index is 3.38. The molecule has 0 aromatic rings. The zero-order valence-corrected chi connectivity index (χ0v) is 8.80. The van der Waals surface area contributed by atoms with Crippen LogP contribution >= 0.6 is 0 Å². The number of piperidine rings is 1. The van der Waals surface area contributed by atoms with Crippen LogP contribution in [-0.4, -0.2) is 38.1 Å². The highest BCUT2D eigenvalue weighted by atomic mass is 15.1. The molecule has 0 aromatic carbocycles. The minimum absolute atomic E-state index is 0.705. The predicted octanol–water partition coefficient (Wildman–Crippen LogP) is 1.18. The molecule has 1 aliphatic heterocycles. The van der Waals surface area contributed by atoms with E-state index in [1.54, 1.807) is 0 Å². The van der Waals surface area contributed by atoms with Gasteiger partial charge in [-0.2, -0.15) is 0 Å². The molecule has 0 spiro atoms. The first-order chi connectivity index (χ1) is 5.63. The van der Waals surface area contributed by atoms with Gasteiger partial charge in [0.15, 0.2) is 0 Å². The Balaban J connectivity index is 2.45. The fourth-order valence-corrected chi connectivity index (χ4v) is 2.06. The zero-order valence-electron chi connectivity index (χ0n) is 8.80. The monoisotopic (exact) mass is 170 g/mol. The maximum atomic E-state index is 3.38. The Morgan fingerprint density at radius 3 is 2.50 bits per heavy atom. The third-order valence-electron chi connectivity index (χ3n) is 3.02. The van der Waals surface area contributed by atoms with Crippen LogP contribution in [0.1, 0.15) is 20.3 Å². The Morgan fingerprint density at radius 1 is 1.33 bits per heavy atom. The molecule has 0 saturated carbocycles. The smallest absolute Gasteiger partial charge is 0.0195 e. The molecule has 0 radical (unpaired) electrons. The van der Waals surface area contributed by atoms with Gasteiger partial charge in [-0.25, -0.2) is 0 Å². The van der Waals surface area contributed by atoms with Crippen LogP contribution < -0.4 is 5.32 Å². The molecule has 2 atom stereocenters. The van der Waals surface area contributed by atoms with E-state index in [1.807, 2.05) is 0 Å². The Kier molecular flexibility index (Phi) is 3.53. The standard InChI is InChI=1S/C10H22N2/c1-8(2)9-5-10(11-3)7-12(4)6-9/h8-11H,5-7H2,1-4H3. The van der Waals surface area contributed by atoms with E-state index in [-0.39, 0.29) is 0 Å². The van der Waals surface area contributed by atoms with Gasteiger partial charge < -0.3 is 10.2 Å². The first-order valence-electron chi connectivity index (χ1n) is 4.99. The van der Waals surface area contributed by atoms with Gasteiger partial charge in [0.1, 0.15) is 0 Å². The number of hydrogen-bond acceptors (Lipinski definition) is 2. The molecule has 0 amide bonds. The lowest BCUT2D eigenvalue weighted by Gasteiger charge is -2.37. The van der Waals surface area contributed by atoms with Gasteiger partial charge in [0.25, 0.3) is 0 Å². The maximum Gasteiger partial charge on any atom is 0.0195 e. The fourth-order valence-electron chi connectivity index (χ4n) is 2.06. The summed E-state index contributed by atoms with van der Waals surface area (Å²) in [5, 5.41) is 3.38. The minimum Gasteiger partial charge on any atom is -0.316 e. The van der Waals surface area contributed by atoms with Crippen LogP contribution in [0.15, 0.2) is 0 Å². The Labute approximate surface area is 76.3 Å². The Morgan fingerprint density at radius 2 is 2.00 bits per heavy atom. The molecule has 0 aromatic heterocycles. The van der Waals surface area contributed by atoms with Crippen molar-refractivity contribution < 1.29 is 0 Å². The van der Waals surface area contributed by atoms with Crippen molar-refractivity contribution in [2.45, 2.75) is 26.3 Å². The van der Waals surface area contributed by atoms with E-state index < -0.39 is 0 Å². The minimum atomic E-state index is 0.705. The first-order valence-corrected chi connectivity index (χ1v) is 4.99. The second-order valence-corrected chi connectivity index (χ2v) is 4.45. The average molecular weight is 170 g/mol. The van der Waals surface area contributed by atoms with E-state index in [2.05, 4.69) is 38.2 Å². The number of likely N-dealkylation sites (tertiary alicyclic amines) is 1. The first kappa shape index (κ1) is 10.0. The van der Waals surface area contributed by atoms with E-state index in [1.165, 1.54) is 19.5 Å². The summed E-state index contributed by atoms with van der Waals surface area (Å²) in [4.78, 5) is 2.44. The van der Waals surface area contributed by atoms with Crippen LogP contribution in [0, 0.1) is 11.8 Å². The van der Waals surface area contributed by atoms with Crippen molar-refractivity contribution in [3.05, 3.63) is 0 Å². The van der Waals surface area contributed by atoms with Crippen LogP contribution in [0.5, 0.6) is 0 Å². The summed E-state index contributed by atoms with van der Waals surface area (Å²) in [7, 11) is 4.29. The number of nitrogens with one attached hydrogen (secondary N) is 1. The second-order valence-electron chi connectivity index (χ2n) is 4.45. The second kappa shape index (κ2) is 4.24. The number of hydrogen-bond donors (Lipinski definition) is 1. The summed E-state index contributed by atoms with van der Waals surface area (Å²) < 4.78 is 0. The summed E-state index contributed by atoms with van der Waals surface area (Å²) in [5.41, 5.74) is 0. The Bertz CT molecular complexity index is 134. The lowest BCUT2D eigenvalue weighted by Crippen LogP contribution is -2.47. The quantitative estimate of drug-likeness (QED) is 0.669. The number of nitrogens with zero attached hydrogens (tertiary/aromatic N) is 1. The summed E-state index contributed by atoms with van der Waals surface area (Å²) in [5.74, 6) is 1.70. The molecule has 1 saturated heterocycles. The van der Waals surface area contributed by atoms with Crippen LogP contribution in [0.3, 0.4) is 0 Å². The van der Waals surface area contributed by atoms with E-state index in [0.29, 0.717) is 6.04 Å². The molecular formula is C10H22N2. The van der Waals surface area contributed by atoms with Gasteiger partial charge in [-0.15, -0.1) is 0 Å². The van der Waals surface area contributed by atoms with Gasteiger partial charge in [-0.05, 0) is 32.4 Å². The largest absolute Gasteiger partial charge is 0.316 e. The normalized spacial score (nSPS) is 32.8. The molecule has 0 aliphatic carbocycles. The van der Waals surface area contributed by atoms with Gasteiger partial charge >= 0.3 is 0 Å². The molecule has 12 heavy (non-hydrogen) atoms. The van der Waals surface area contributed by atoms with Crippen LogP contribution in [0.4, 0.5) is 0 Å². The fraction of sp³-hybridized carbons (Fsp3) is 1.00. The molecule has 2 unspecified atom stereocenters. The molecule has 0 bridgehead atoms. The van der Waals surface area contributed by atoms with Crippen molar-refractivity contribution in [3.63, 3.8) is 0 Å². The van der Waals surface area contributed by atoms with Crippen molar-refractivity contribution in [2.75, 3.05) is 27.2 Å². The van der Waals surface area contributed by atoms with Crippen molar-refractivity contribution in [3.8, 4) is 0 Å². The molecule has 72 valence electrons. The van der Waals surface area contributed by atoms with Crippen molar-refractivity contribution in [1.29, 1.82) is 0 Å². The van der Waals surface area contributed by atoms with Gasteiger partial charge in [0, 0.05) is 19.1 Å². The van der Waals surface area contributed by atoms with Crippen molar-refractivity contribution in [1.82, 2.24) is 10.2 Å². The zero-order chi connectivity index (χ0) is 9.14. The summed E-state index contributed by atoms with van der Waals surface area (Å²) >= 11 is 0. The lowest BCUT2D eigenvalue weighted by atomic mass is 9.86. The summed E-state index contributed by atoms with van der Waals surface area (Å²) in [6.45, 7) is 7.14. The van der Waals surface area contributed by atoms with E-state index in [0.717, 1.165) is 11.8 Å². The van der Waals surface area contributed by atoms with Gasteiger partial charge in [-0.1, -0.05) is 13.8 Å². The van der Waals surface area contributed by atoms with E-state index in [4.69, 9.17) is 0 Å². The highest BCUT2D eigenvalue weighted by Crippen LogP contribution is 2.22. The number of likely N-dealkylation sites (N-methyl/N-ethyl adjacent to an activating group) is 2. The summed E-state index contributed by atoms with van der Waals surface area (Å²) in [6, 6.07) is 0.705. The topological polar surface area (TPSA) is 15.3 Å². The van der Waals surface area contributed by atoms with E-state index >= 15 is 0 Å². The van der Waals surface area contributed by atoms with Gasteiger partial charge in [0.2, 0.25) is 0 Å². The molecular weight excluding hydrogens is 148 g/mol. The van der Waals surface area contributed by atoms with Gasteiger partial charge in [0.05, 0.1) is 0 Å². The Hall–Kier alpha value is -0.0800. The molecule has 2 nitrogen and oxygen atoms in total. The third-order valence-corrected chi connectivity index (χ3v) is 3.02. The molecule has 1 rings (SSSR count). The van der Waals surface area contributed by atoms with Crippen LogP contribution in [0.25, 0.3) is 0 Å². The molecule has 1 fully saturated rings.